The van der Waals surface area contributed by atoms with Crippen molar-refractivity contribution in [3.05, 3.63) is 254 Å². The summed E-state index contributed by atoms with van der Waals surface area (Å²) in [5.41, 5.74) is 20.0. The summed E-state index contributed by atoms with van der Waals surface area (Å²) in [5, 5.41) is 35.9. The van der Waals surface area contributed by atoms with Crippen LogP contribution < -0.4 is 0 Å². The summed E-state index contributed by atoms with van der Waals surface area (Å²) in [5.74, 6) is -0.370. The van der Waals surface area contributed by atoms with E-state index in [1.54, 1.807) is 79.4 Å². The number of ketones is 5. The van der Waals surface area contributed by atoms with Crippen LogP contribution in [0, 0.1) is 73.0 Å². The molecule has 1 aliphatic rings. The van der Waals surface area contributed by atoms with Crippen LogP contribution in [0.4, 0.5) is 0 Å². The molecule has 1 saturated heterocycles. The van der Waals surface area contributed by atoms with Crippen LogP contribution in [-0.2, 0) is 14.4 Å². The number of rotatable bonds is 15. The van der Waals surface area contributed by atoms with Crippen LogP contribution in [0.3, 0.4) is 0 Å². The summed E-state index contributed by atoms with van der Waals surface area (Å²) in [7, 11) is 0. The SMILES string of the molecule is CC(=O)/C=C/c1cnc2c(C(=O)CCl)c(C)n(-c3ccc(C#N)cc3)c2c1.CC(=O)/C=C/c1cnc2c(C(=O)CN3CCCCC3)c(C)n(-c3ccc(C#N)cc3)c2c1.CC(=O)/C=C/c1cnc2cc(C)n(-c3ccc(C#N)cc3)c2c1.Cc1cc2ncc(Br)cc2n1-c1ccc(C#N)cc1. The number of pyridine rings is 4. The Morgan fingerprint density at radius 3 is 1.15 bits per heavy atom. The number of fused-ring (bicyclic) bond motifs is 4. The highest BCUT2D eigenvalue weighted by atomic mass is 79.9. The van der Waals surface area contributed by atoms with E-state index < -0.39 is 0 Å². The van der Waals surface area contributed by atoms with Gasteiger partial charge in [0.15, 0.2) is 28.9 Å². The molecule has 0 atom stereocenters. The van der Waals surface area contributed by atoms with Crippen molar-refractivity contribution in [1.82, 2.24) is 43.1 Å². The lowest BCUT2D eigenvalue weighted by atomic mass is 10.1. The third-order valence-electron chi connectivity index (χ3n) is 16.8. The van der Waals surface area contributed by atoms with E-state index in [-0.39, 0.29) is 34.8 Å². The number of nitrogens with zero attached hydrogens (tertiary/aromatic N) is 13. The van der Waals surface area contributed by atoms with Gasteiger partial charge in [0.2, 0.25) is 0 Å². The zero-order valence-corrected chi connectivity index (χ0v) is 58.9. The van der Waals surface area contributed by atoms with Gasteiger partial charge in [-0.1, -0.05) is 6.42 Å². The Morgan fingerprint density at radius 2 is 0.782 bits per heavy atom. The molecule has 0 spiro atoms. The van der Waals surface area contributed by atoms with Gasteiger partial charge in [-0.15, -0.1) is 11.6 Å². The van der Waals surface area contributed by atoms with Crippen molar-refractivity contribution < 1.29 is 24.0 Å². The van der Waals surface area contributed by atoms with Gasteiger partial charge in [-0.3, -0.25) is 48.8 Å². The van der Waals surface area contributed by atoms with Gasteiger partial charge in [-0.25, -0.2) is 0 Å². The Hall–Kier alpha value is -12.1. The van der Waals surface area contributed by atoms with Gasteiger partial charge in [0, 0.05) is 74.8 Å². The number of carbonyl (C=O) groups is 5. The summed E-state index contributed by atoms with van der Waals surface area (Å²) >= 11 is 9.25. The van der Waals surface area contributed by atoms with Crippen LogP contribution in [0.1, 0.15) is 122 Å². The number of Topliss-reactive ketones (excluding diaryl/α,β-unsaturated/α-hetero) is 2. The van der Waals surface area contributed by atoms with Crippen LogP contribution in [0.15, 0.2) is 181 Å². The zero-order valence-electron chi connectivity index (χ0n) is 56.5. The van der Waals surface area contributed by atoms with Gasteiger partial charge in [0.05, 0.1) is 114 Å². The van der Waals surface area contributed by atoms with E-state index in [1.807, 2.05) is 128 Å². The first-order chi connectivity index (χ1) is 48.7. The molecular formula is C81H67BrClN13O5. The Morgan fingerprint density at radius 1 is 0.446 bits per heavy atom. The molecule has 0 saturated carbocycles. The van der Waals surface area contributed by atoms with Crippen molar-refractivity contribution in [2.45, 2.75) is 67.7 Å². The van der Waals surface area contributed by atoms with Gasteiger partial charge in [-0.05, 0) is 277 Å². The lowest BCUT2D eigenvalue weighted by Gasteiger charge is -2.25. The van der Waals surface area contributed by atoms with E-state index in [4.69, 9.17) is 32.6 Å². The van der Waals surface area contributed by atoms with E-state index >= 15 is 0 Å². The molecule has 0 radical (unpaired) electrons. The number of aryl methyl sites for hydroxylation is 2. The number of piperidine rings is 1. The molecule has 1 aliphatic heterocycles. The Kier molecular flexibility index (Phi) is 23.1. The van der Waals surface area contributed by atoms with E-state index in [2.05, 4.69) is 80.2 Å². The molecule has 0 unspecified atom stereocenters. The van der Waals surface area contributed by atoms with Crippen molar-refractivity contribution in [3.63, 3.8) is 0 Å². The highest BCUT2D eigenvalue weighted by Crippen LogP contribution is 2.33. The quantitative estimate of drug-likeness (QED) is 0.0525. The first-order valence-corrected chi connectivity index (χ1v) is 33.6. The molecular weight excluding hydrogens is 1350 g/mol. The molecule has 0 aliphatic carbocycles. The second-order valence-corrected chi connectivity index (χ2v) is 25.3. The fourth-order valence-electron chi connectivity index (χ4n) is 12.1. The van der Waals surface area contributed by atoms with E-state index in [0.717, 1.165) is 126 Å². The Bertz CT molecular complexity index is 5470. The number of hydrogen-bond acceptors (Lipinski definition) is 14. The highest BCUT2D eigenvalue weighted by Gasteiger charge is 2.26. The van der Waals surface area contributed by atoms with Gasteiger partial charge in [0.25, 0.3) is 0 Å². The maximum atomic E-state index is 13.4. The van der Waals surface area contributed by atoms with Gasteiger partial charge in [0.1, 0.15) is 0 Å². The largest absolute Gasteiger partial charge is 0.312 e. The average Bonchev–Trinajstić information content (AvgIpc) is 1.62. The van der Waals surface area contributed by atoms with Gasteiger partial charge >= 0.3 is 0 Å². The molecule has 4 aromatic carbocycles. The Balaban J connectivity index is 0.000000148. The van der Waals surface area contributed by atoms with Gasteiger partial charge in [-0.2, -0.15) is 21.0 Å². The molecule has 12 aromatic rings. The van der Waals surface area contributed by atoms with Crippen molar-refractivity contribution in [1.29, 1.82) is 21.0 Å². The highest BCUT2D eigenvalue weighted by molar-refractivity contribution is 9.10. The van der Waals surface area contributed by atoms with Crippen LogP contribution in [-0.4, -0.2) is 97.5 Å². The first kappa shape index (κ1) is 71.7. The fraction of sp³-hybridized carbons (Fsp3) is 0.173. The number of hydrogen-bond donors (Lipinski definition) is 0. The molecule has 0 bridgehead atoms. The number of aromatic nitrogens is 8. The maximum Gasteiger partial charge on any atom is 0.181 e. The van der Waals surface area contributed by atoms with Crippen LogP contribution in [0.5, 0.6) is 0 Å². The molecule has 101 heavy (non-hydrogen) atoms. The number of halogens is 2. The number of allylic oxidation sites excluding steroid dienone is 3. The number of likely N-dealkylation sites (tertiary alicyclic amines) is 1. The Labute approximate surface area is 597 Å². The molecule has 18 nitrogen and oxygen atoms in total. The normalized spacial score (nSPS) is 12.1. The summed E-state index contributed by atoms with van der Waals surface area (Å²) in [6.07, 6.45) is 20.0. The minimum absolute atomic E-state index is 0.00347. The maximum absolute atomic E-state index is 13.4. The smallest absolute Gasteiger partial charge is 0.181 e. The van der Waals surface area contributed by atoms with E-state index in [9.17, 15) is 24.0 Å². The first-order valence-electron chi connectivity index (χ1n) is 32.3. The molecule has 13 rings (SSSR count). The monoisotopic (exact) mass is 1420 g/mol. The number of alkyl halides is 1. The second-order valence-electron chi connectivity index (χ2n) is 24.1. The van der Waals surface area contributed by atoms with Crippen molar-refractivity contribution >= 4 is 119 Å². The van der Waals surface area contributed by atoms with Crippen molar-refractivity contribution in [2.75, 3.05) is 25.5 Å². The molecule has 20 heteroatoms. The molecule has 8 aromatic heterocycles. The van der Waals surface area contributed by atoms with Crippen molar-refractivity contribution in [3.8, 4) is 47.0 Å². The number of nitriles is 4. The zero-order chi connectivity index (χ0) is 72.0. The molecule has 0 N–H and O–H groups in total. The molecule has 0 amide bonds. The van der Waals surface area contributed by atoms with Crippen molar-refractivity contribution in [2.24, 2.45) is 0 Å². The summed E-state index contributed by atoms with van der Waals surface area (Å²) in [4.78, 5) is 79.7. The average molecular weight is 1420 g/mol. The lowest BCUT2D eigenvalue weighted by Crippen LogP contribution is -2.34. The van der Waals surface area contributed by atoms with Crippen LogP contribution in [0.2, 0.25) is 0 Å². The third kappa shape index (κ3) is 16.7. The van der Waals surface area contributed by atoms with E-state index in [1.165, 1.54) is 45.4 Å². The van der Waals surface area contributed by atoms with Crippen LogP contribution in [0.25, 0.3) is 85.1 Å². The third-order valence-corrected chi connectivity index (χ3v) is 17.5. The predicted molar refractivity (Wildman–Crippen MR) is 399 cm³/mol. The second kappa shape index (κ2) is 32.5. The fourth-order valence-corrected chi connectivity index (χ4v) is 12.6. The standard InChI is InChI=1S/C26H26N4O2.C21H16ClN3O2.C19H15N3O.C15H10BrN3/c1-18(31)6-7-21-14-23-26(28-16-21)25(24(32)17-29-12-4-3-5-13-29)19(2)30(23)22-10-8-20(15-27)9-11-22;1-13(26)3-4-16-9-18-21(24-12-16)20(19(27)10-22)14(2)25(18)17-7-5-15(11-23)6-8-17;1-13-9-18-19(10-16(12-21-18)4-3-14(2)23)22(13)17-7-5-15(11-20)6-8-17;1-10-6-14-15(7-12(16)9-18-14)19(10)13-4-2-11(8-17)3-5-13/h6-11,14,16H,3-5,12-13,17H2,1-2H3;3-9,12H,10H2,1-2H3;3-10,12H,1-2H3;2-7,9H,1H3/b7-6+;2*4-3+;. The van der Waals surface area contributed by atoms with Gasteiger partial charge < -0.3 is 18.3 Å². The number of benzene rings is 4. The molecule has 500 valence electrons. The summed E-state index contributed by atoms with van der Waals surface area (Å²) in [6, 6.07) is 49.8. The minimum atomic E-state index is -0.203. The van der Waals surface area contributed by atoms with Crippen LogP contribution >= 0.6 is 27.5 Å². The lowest BCUT2D eigenvalue weighted by molar-refractivity contribution is -0.113. The van der Waals surface area contributed by atoms with E-state index in [0.29, 0.717) is 51.0 Å². The topological polar surface area (TPSA) is 255 Å². The number of carbonyl (C=O) groups excluding carboxylic acids is 5. The molecule has 9 heterocycles. The summed E-state index contributed by atoms with van der Waals surface area (Å²) in [6.45, 7) is 14.6. The minimum Gasteiger partial charge on any atom is -0.312 e. The predicted octanol–water partition coefficient (Wildman–Crippen LogP) is 16.5. The molecule has 1 fully saturated rings. The summed E-state index contributed by atoms with van der Waals surface area (Å²) < 4.78 is 9.10.